The van der Waals surface area contributed by atoms with E-state index in [0.29, 0.717) is 5.96 Å². The van der Waals surface area contributed by atoms with Crippen LogP contribution in [0.15, 0.2) is 66.7 Å². The van der Waals surface area contributed by atoms with E-state index in [1.165, 1.54) is 16.3 Å². The van der Waals surface area contributed by atoms with E-state index < -0.39 is 0 Å². The van der Waals surface area contributed by atoms with Crippen LogP contribution in [0.5, 0.6) is 5.75 Å². The van der Waals surface area contributed by atoms with Crippen molar-refractivity contribution in [2.45, 2.75) is 0 Å². The van der Waals surface area contributed by atoms with Crippen molar-refractivity contribution in [3.8, 4) is 5.75 Å². The number of hydrogen-bond donors (Lipinski definition) is 2. The molecule has 2 N–H and O–H groups in total. The Morgan fingerprint density at radius 1 is 0.897 bits per heavy atom. The zero-order valence-corrected chi connectivity index (χ0v) is 16.4. The summed E-state index contributed by atoms with van der Waals surface area (Å²) in [5.74, 6) is 1.14. The summed E-state index contributed by atoms with van der Waals surface area (Å²) in [6, 6.07) is 22.5. The molecule has 1 aliphatic rings. The van der Waals surface area contributed by atoms with Gasteiger partial charge in [0.15, 0.2) is 5.96 Å². The Morgan fingerprint density at radius 2 is 1.72 bits per heavy atom. The zero-order chi connectivity index (χ0) is 20.0. The number of rotatable bonds is 3. The minimum Gasteiger partial charge on any atom is -0.496 e. The van der Waals surface area contributed by atoms with Crippen LogP contribution < -0.4 is 15.0 Å². The number of anilines is 2. The summed E-state index contributed by atoms with van der Waals surface area (Å²) in [6.07, 6.45) is 4.25. The van der Waals surface area contributed by atoms with Gasteiger partial charge in [-0.2, -0.15) is 0 Å². The van der Waals surface area contributed by atoms with E-state index in [0.717, 1.165) is 33.5 Å². The van der Waals surface area contributed by atoms with Gasteiger partial charge in [0.05, 0.1) is 12.8 Å². The van der Waals surface area contributed by atoms with Gasteiger partial charge in [-0.05, 0) is 34.5 Å². The fourth-order valence-electron chi connectivity index (χ4n) is 4.09. The second kappa shape index (κ2) is 6.67. The molecule has 0 saturated heterocycles. The first-order valence-corrected chi connectivity index (χ1v) is 9.56. The van der Waals surface area contributed by atoms with Crippen molar-refractivity contribution in [2.75, 3.05) is 24.4 Å². The van der Waals surface area contributed by atoms with Gasteiger partial charge in [-0.1, -0.05) is 60.7 Å². The highest BCUT2D eigenvalue weighted by molar-refractivity contribution is 6.14. The van der Waals surface area contributed by atoms with Crippen molar-refractivity contribution in [3.63, 3.8) is 0 Å². The Kier molecular flexibility index (Phi) is 3.98. The molecule has 0 bridgehead atoms. The maximum atomic E-state index is 8.70. The summed E-state index contributed by atoms with van der Waals surface area (Å²) in [7, 11) is 3.59. The van der Waals surface area contributed by atoms with Crippen molar-refractivity contribution < 1.29 is 4.74 Å². The molecule has 0 unspecified atom stereocenters. The molecule has 0 radical (unpaired) electrons. The molecule has 0 saturated carbocycles. The van der Waals surface area contributed by atoms with E-state index in [2.05, 4.69) is 47.8 Å². The Balaban J connectivity index is 1.51. The lowest BCUT2D eigenvalue weighted by atomic mass is 10.0. The van der Waals surface area contributed by atoms with E-state index in [1.807, 2.05) is 48.3 Å². The zero-order valence-electron chi connectivity index (χ0n) is 16.4. The third-order valence-electron chi connectivity index (χ3n) is 5.58. The number of nitrogens with one attached hydrogen (secondary N) is 2. The van der Waals surface area contributed by atoms with Gasteiger partial charge in [0.2, 0.25) is 0 Å². The first-order valence-electron chi connectivity index (χ1n) is 9.56. The van der Waals surface area contributed by atoms with Crippen molar-refractivity contribution in [3.05, 3.63) is 77.9 Å². The Labute approximate surface area is 169 Å². The van der Waals surface area contributed by atoms with Crippen LogP contribution in [-0.2, 0) is 0 Å². The molecule has 142 valence electrons. The molecule has 0 spiro atoms. The molecule has 0 aromatic heterocycles. The van der Waals surface area contributed by atoms with Gasteiger partial charge >= 0.3 is 0 Å². The molecule has 4 aromatic carbocycles. The van der Waals surface area contributed by atoms with Gasteiger partial charge in [0, 0.05) is 29.1 Å². The molecule has 0 heterocycles. The van der Waals surface area contributed by atoms with E-state index in [4.69, 9.17) is 10.1 Å². The molecule has 0 atom stereocenters. The number of hydrogen-bond acceptors (Lipinski definition) is 2. The van der Waals surface area contributed by atoms with Crippen LogP contribution in [0.25, 0.3) is 33.7 Å². The molecule has 0 fully saturated rings. The van der Waals surface area contributed by atoms with Gasteiger partial charge in [0.25, 0.3) is 0 Å². The SMILES string of the molecule is COc1ccc(N(C)C(=N)Nc2ccc3cccc4c3c2C=C4)c2ccccc12. The van der Waals surface area contributed by atoms with E-state index in [1.54, 1.807) is 7.11 Å². The number of fused-ring (bicyclic) bond motifs is 1. The maximum absolute atomic E-state index is 8.70. The number of benzene rings is 4. The number of guanidine groups is 1. The minimum absolute atomic E-state index is 0.314. The average molecular weight is 379 g/mol. The molecular weight excluding hydrogens is 358 g/mol. The summed E-state index contributed by atoms with van der Waals surface area (Å²) in [4.78, 5) is 1.86. The smallest absolute Gasteiger partial charge is 0.199 e. The van der Waals surface area contributed by atoms with Gasteiger partial charge in [-0.25, -0.2) is 0 Å². The molecule has 0 aliphatic heterocycles. The van der Waals surface area contributed by atoms with Crippen LogP contribution in [-0.4, -0.2) is 20.1 Å². The molecule has 4 aromatic rings. The van der Waals surface area contributed by atoms with Gasteiger partial charge in [0.1, 0.15) is 5.75 Å². The highest BCUT2D eigenvalue weighted by Crippen LogP contribution is 2.37. The van der Waals surface area contributed by atoms with Crippen LogP contribution in [0.2, 0.25) is 0 Å². The molecule has 0 amide bonds. The molecule has 4 nitrogen and oxygen atoms in total. The van der Waals surface area contributed by atoms with E-state index in [-0.39, 0.29) is 0 Å². The summed E-state index contributed by atoms with van der Waals surface area (Å²) >= 11 is 0. The first kappa shape index (κ1) is 17.3. The molecule has 1 aliphatic carbocycles. The third kappa shape index (κ3) is 2.72. The highest BCUT2D eigenvalue weighted by atomic mass is 16.5. The topological polar surface area (TPSA) is 48.4 Å². The second-order valence-corrected chi connectivity index (χ2v) is 7.17. The van der Waals surface area contributed by atoms with Crippen molar-refractivity contribution in [1.82, 2.24) is 0 Å². The van der Waals surface area contributed by atoms with E-state index >= 15 is 0 Å². The Hall–Kier alpha value is -3.79. The first-order chi connectivity index (χ1) is 14.2. The lowest BCUT2D eigenvalue weighted by molar-refractivity contribution is 0.420. The second-order valence-electron chi connectivity index (χ2n) is 7.17. The van der Waals surface area contributed by atoms with Crippen molar-refractivity contribution >= 4 is 51.0 Å². The summed E-state index contributed by atoms with van der Waals surface area (Å²) in [6.45, 7) is 0. The molecule has 29 heavy (non-hydrogen) atoms. The summed E-state index contributed by atoms with van der Waals surface area (Å²) in [5, 5.41) is 16.5. The van der Waals surface area contributed by atoms with Crippen LogP contribution in [0.3, 0.4) is 0 Å². The van der Waals surface area contributed by atoms with Crippen molar-refractivity contribution in [2.24, 2.45) is 0 Å². The Morgan fingerprint density at radius 3 is 2.55 bits per heavy atom. The quantitative estimate of drug-likeness (QED) is 0.300. The lowest BCUT2D eigenvalue weighted by Crippen LogP contribution is -2.32. The fraction of sp³-hybridized carbons (Fsp3) is 0.0800. The number of methoxy groups -OCH3 is 1. The highest BCUT2D eigenvalue weighted by Gasteiger charge is 2.17. The predicted molar refractivity (Wildman–Crippen MR) is 123 cm³/mol. The van der Waals surface area contributed by atoms with Crippen molar-refractivity contribution in [1.29, 1.82) is 5.41 Å². The average Bonchev–Trinajstić information content (AvgIpc) is 3.20. The van der Waals surface area contributed by atoms with Crippen LogP contribution >= 0.6 is 0 Å². The standard InChI is InChI=1S/C25H21N3O/c1-28(22-14-15-23(29-2)19-9-4-3-8-18(19)22)25(26)27-21-13-11-17-7-5-6-16-10-12-20(21)24(16)17/h3-15H,1-2H3,(H2,26,27). The normalized spacial score (nSPS) is 11.8. The van der Waals surface area contributed by atoms with Gasteiger partial charge in [-0.15, -0.1) is 0 Å². The van der Waals surface area contributed by atoms with Gasteiger partial charge < -0.3 is 15.0 Å². The monoisotopic (exact) mass is 379 g/mol. The molecule has 5 rings (SSSR count). The number of ether oxygens (including phenoxy) is 1. The van der Waals surface area contributed by atoms with Crippen LogP contribution in [0, 0.1) is 5.41 Å². The Bertz CT molecular complexity index is 1310. The summed E-state index contributed by atoms with van der Waals surface area (Å²) in [5.41, 5.74) is 4.25. The van der Waals surface area contributed by atoms with E-state index in [9.17, 15) is 0 Å². The van der Waals surface area contributed by atoms with Gasteiger partial charge in [-0.3, -0.25) is 5.41 Å². The van der Waals surface area contributed by atoms with Crippen LogP contribution in [0.1, 0.15) is 11.1 Å². The lowest BCUT2D eigenvalue weighted by Gasteiger charge is -2.24. The molecule has 4 heteroatoms. The molecular formula is C25H21N3O. The predicted octanol–water partition coefficient (Wildman–Crippen LogP) is 5.97. The number of nitrogens with zero attached hydrogens (tertiary/aromatic N) is 1. The summed E-state index contributed by atoms with van der Waals surface area (Å²) < 4.78 is 5.50. The fourth-order valence-corrected chi connectivity index (χ4v) is 4.09. The largest absolute Gasteiger partial charge is 0.496 e. The van der Waals surface area contributed by atoms with Crippen LogP contribution in [0.4, 0.5) is 11.4 Å². The third-order valence-corrected chi connectivity index (χ3v) is 5.58. The minimum atomic E-state index is 0.314. The maximum Gasteiger partial charge on any atom is 0.199 e.